The molecule has 1 saturated heterocycles. The number of nitrogens with zero attached hydrogens (tertiary/aromatic N) is 2. The van der Waals surface area contributed by atoms with Gasteiger partial charge in [-0.15, -0.1) is 0 Å². The number of halogens is 1. The molecule has 1 N–H and O–H groups in total. The molecule has 0 aliphatic carbocycles. The van der Waals surface area contributed by atoms with Gasteiger partial charge in [0.05, 0.1) is 11.6 Å². The largest absolute Gasteiger partial charge is 0.307 e. The molecule has 0 aromatic carbocycles. The van der Waals surface area contributed by atoms with E-state index in [4.69, 9.17) is 0 Å². The number of hydrogen-bond donors (Lipinski definition) is 1. The van der Waals surface area contributed by atoms with Gasteiger partial charge in [-0.25, -0.2) is 4.98 Å². The van der Waals surface area contributed by atoms with Gasteiger partial charge in [0.1, 0.15) is 10.4 Å². The maximum atomic E-state index is 4.63. The molecular formula is C12H14BrN3. The lowest BCUT2D eigenvalue weighted by atomic mass is 10.0. The van der Waals surface area contributed by atoms with Crippen LogP contribution >= 0.6 is 15.9 Å². The second-order valence-electron chi connectivity index (χ2n) is 4.22. The lowest BCUT2D eigenvalue weighted by Gasteiger charge is -2.22. The zero-order chi connectivity index (χ0) is 11.0. The number of fused-ring (bicyclic) bond motifs is 1. The van der Waals surface area contributed by atoms with Gasteiger partial charge in [-0.2, -0.15) is 0 Å². The Labute approximate surface area is 103 Å². The van der Waals surface area contributed by atoms with Crippen LogP contribution in [-0.2, 0) is 0 Å². The maximum Gasteiger partial charge on any atom is 0.132 e. The molecule has 4 heteroatoms. The van der Waals surface area contributed by atoms with Gasteiger partial charge in [0.2, 0.25) is 0 Å². The predicted molar refractivity (Wildman–Crippen MR) is 67.5 cm³/mol. The van der Waals surface area contributed by atoms with Gasteiger partial charge < -0.3 is 9.72 Å². The van der Waals surface area contributed by atoms with Crippen molar-refractivity contribution in [3.05, 3.63) is 34.8 Å². The fraction of sp³-hybridized carbons (Fsp3) is 0.417. The molecule has 2 aromatic heterocycles. The highest BCUT2D eigenvalue weighted by atomic mass is 79.9. The van der Waals surface area contributed by atoms with E-state index in [2.05, 4.69) is 42.9 Å². The summed E-state index contributed by atoms with van der Waals surface area (Å²) in [5.74, 6) is 1.13. The van der Waals surface area contributed by atoms with Gasteiger partial charge in [0.25, 0.3) is 0 Å². The standard InChI is InChI=1S/C12H14BrN3/c13-11-10-6-2-4-8-16(10)12(15-11)9-5-1-3-7-14-9/h2,4,6,8-9,14H,1,3,5,7H2. The van der Waals surface area contributed by atoms with Gasteiger partial charge in [-0.1, -0.05) is 12.5 Å². The van der Waals surface area contributed by atoms with Crippen LogP contribution in [0.15, 0.2) is 29.0 Å². The summed E-state index contributed by atoms with van der Waals surface area (Å²) in [6, 6.07) is 6.58. The van der Waals surface area contributed by atoms with E-state index in [0.717, 1.165) is 22.5 Å². The molecule has 0 bridgehead atoms. The fourth-order valence-electron chi connectivity index (χ4n) is 2.34. The number of aromatic nitrogens is 2. The summed E-state index contributed by atoms with van der Waals surface area (Å²) >= 11 is 3.52. The highest BCUT2D eigenvalue weighted by Gasteiger charge is 2.20. The second kappa shape index (κ2) is 4.18. The highest BCUT2D eigenvalue weighted by molar-refractivity contribution is 9.10. The molecule has 0 spiro atoms. The quantitative estimate of drug-likeness (QED) is 0.870. The SMILES string of the molecule is Brc1nc(C2CCCCN2)n2ccccc12. The molecular weight excluding hydrogens is 266 g/mol. The second-order valence-corrected chi connectivity index (χ2v) is 4.97. The van der Waals surface area contributed by atoms with Crippen LogP contribution in [0, 0.1) is 0 Å². The van der Waals surface area contributed by atoms with E-state index in [1.165, 1.54) is 19.3 Å². The van der Waals surface area contributed by atoms with Crippen molar-refractivity contribution in [1.82, 2.24) is 14.7 Å². The molecule has 0 saturated carbocycles. The summed E-state index contributed by atoms with van der Waals surface area (Å²) in [6.45, 7) is 1.10. The number of hydrogen-bond acceptors (Lipinski definition) is 2. The summed E-state index contributed by atoms with van der Waals surface area (Å²) in [5.41, 5.74) is 1.14. The van der Waals surface area contributed by atoms with Crippen molar-refractivity contribution in [2.75, 3.05) is 6.54 Å². The normalized spacial score (nSPS) is 21.4. The van der Waals surface area contributed by atoms with Gasteiger partial charge in [0.15, 0.2) is 0 Å². The Morgan fingerprint density at radius 2 is 2.31 bits per heavy atom. The maximum absolute atomic E-state index is 4.63. The first-order valence-electron chi connectivity index (χ1n) is 5.72. The average Bonchev–Trinajstić information content (AvgIpc) is 2.69. The zero-order valence-corrected chi connectivity index (χ0v) is 10.6. The third kappa shape index (κ3) is 1.66. The first kappa shape index (κ1) is 10.3. The Morgan fingerprint density at radius 3 is 3.12 bits per heavy atom. The van der Waals surface area contributed by atoms with Crippen LogP contribution in [0.2, 0.25) is 0 Å². The van der Waals surface area contributed by atoms with Crippen molar-refractivity contribution in [2.45, 2.75) is 25.3 Å². The Hall–Kier alpha value is -0.870. The first-order valence-corrected chi connectivity index (χ1v) is 6.51. The summed E-state index contributed by atoms with van der Waals surface area (Å²) in [6.07, 6.45) is 5.83. The Morgan fingerprint density at radius 1 is 1.38 bits per heavy atom. The highest BCUT2D eigenvalue weighted by Crippen LogP contribution is 2.26. The number of rotatable bonds is 1. The van der Waals surface area contributed by atoms with Gasteiger partial charge in [0, 0.05) is 6.20 Å². The summed E-state index contributed by atoms with van der Waals surface area (Å²) < 4.78 is 3.11. The van der Waals surface area contributed by atoms with Crippen LogP contribution in [-0.4, -0.2) is 15.9 Å². The van der Waals surface area contributed by atoms with Crippen LogP contribution in [0.1, 0.15) is 31.1 Å². The van der Waals surface area contributed by atoms with E-state index >= 15 is 0 Å². The molecule has 16 heavy (non-hydrogen) atoms. The lowest BCUT2D eigenvalue weighted by molar-refractivity contribution is 0.396. The van der Waals surface area contributed by atoms with E-state index in [-0.39, 0.29) is 0 Å². The molecule has 0 radical (unpaired) electrons. The average molecular weight is 280 g/mol. The number of pyridine rings is 1. The predicted octanol–water partition coefficient (Wildman–Crippen LogP) is 2.91. The van der Waals surface area contributed by atoms with E-state index < -0.39 is 0 Å². The van der Waals surface area contributed by atoms with Crippen molar-refractivity contribution in [2.24, 2.45) is 0 Å². The first-order chi connectivity index (χ1) is 7.86. The summed E-state index contributed by atoms with van der Waals surface area (Å²) in [5, 5.41) is 3.54. The van der Waals surface area contributed by atoms with Gasteiger partial charge in [-0.3, -0.25) is 0 Å². The molecule has 1 aliphatic heterocycles. The minimum atomic E-state index is 0.398. The van der Waals surface area contributed by atoms with E-state index in [0.29, 0.717) is 6.04 Å². The molecule has 1 aliphatic rings. The monoisotopic (exact) mass is 279 g/mol. The Balaban J connectivity index is 2.08. The Bertz CT molecular complexity index is 500. The minimum Gasteiger partial charge on any atom is -0.307 e. The van der Waals surface area contributed by atoms with Gasteiger partial charge in [-0.05, 0) is 47.4 Å². The van der Waals surface area contributed by atoms with Crippen molar-refractivity contribution >= 4 is 21.4 Å². The van der Waals surface area contributed by atoms with Crippen LogP contribution in [0.4, 0.5) is 0 Å². The molecule has 0 amide bonds. The molecule has 1 fully saturated rings. The lowest BCUT2D eigenvalue weighted by Crippen LogP contribution is -2.28. The van der Waals surface area contributed by atoms with Crippen LogP contribution in [0.25, 0.3) is 5.52 Å². The zero-order valence-electron chi connectivity index (χ0n) is 8.99. The molecule has 2 aromatic rings. The third-order valence-corrected chi connectivity index (χ3v) is 3.74. The van der Waals surface area contributed by atoms with E-state index in [9.17, 15) is 0 Å². The number of piperidine rings is 1. The fourth-order valence-corrected chi connectivity index (χ4v) is 2.85. The smallest absolute Gasteiger partial charge is 0.132 e. The topological polar surface area (TPSA) is 29.3 Å². The van der Waals surface area contributed by atoms with Crippen molar-refractivity contribution < 1.29 is 0 Å². The van der Waals surface area contributed by atoms with Crippen LogP contribution in [0.3, 0.4) is 0 Å². The van der Waals surface area contributed by atoms with E-state index in [1.807, 2.05) is 12.1 Å². The van der Waals surface area contributed by atoms with E-state index in [1.54, 1.807) is 0 Å². The molecule has 3 heterocycles. The van der Waals surface area contributed by atoms with Crippen molar-refractivity contribution in [3.63, 3.8) is 0 Å². The molecule has 1 atom stereocenters. The third-order valence-electron chi connectivity index (χ3n) is 3.15. The Kier molecular flexibility index (Phi) is 2.69. The summed E-state index contributed by atoms with van der Waals surface area (Å²) in [4.78, 5) is 4.63. The summed E-state index contributed by atoms with van der Waals surface area (Å²) in [7, 11) is 0. The molecule has 1 unspecified atom stereocenters. The number of imidazole rings is 1. The van der Waals surface area contributed by atoms with Crippen molar-refractivity contribution in [3.8, 4) is 0 Å². The van der Waals surface area contributed by atoms with Gasteiger partial charge >= 0.3 is 0 Å². The van der Waals surface area contributed by atoms with Crippen LogP contribution in [0.5, 0.6) is 0 Å². The van der Waals surface area contributed by atoms with Crippen LogP contribution < -0.4 is 5.32 Å². The molecule has 3 rings (SSSR count). The number of nitrogens with one attached hydrogen (secondary N) is 1. The molecule has 3 nitrogen and oxygen atoms in total. The minimum absolute atomic E-state index is 0.398. The molecule has 84 valence electrons. The van der Waals surface area contributed by atoms with Crippen molar-refractivity contribution in [1.29, 1.82) is 0 Å².